The normalized spacial score (nSPS) is 25.6. The number of hydrogen-bond acceptors (Lipinski definition) is 4. The minimum atomic E-state index is -3.50. The Bertz CT molecular complexity index is 1250. The Morgan fingerprint density at radius 2 is 1.81 bits per heavy atom. The summed E-state index contributed by atoms with van der Waals surface area (Å²) >= 11 is 12.5. The number of amides is 1. The maximum Gasteiger partial charge on any atom is 0.304 e. The van der Waals surface area contributed by atoms with Gasteiger partial charge in [-0.3, -0.25) is 9.59 Å². The Morgan fingerprint density at radius 3 is 2.36 bits per heavy atom. The number of carboxylic acids is 1. The van der Waals surface area contributed by atoms with Crippen LogP contribution in [0.25, 0.3) is 0 Å². The van der Waals surface area contributed by atoms with Crippen LogP contribution in [0.15, 0.2) is 48.5 Å². The number of carboxylic acid groups (broad SMARTS) is 1. The molecule has 7 nitrogen and oxygen atoms in total. The van der Waals surface area contributed by atoms with Crippen LogP contribution < -0.4 is 4.72 Å². The zero-order chi connectivity index (χ0) is 26.3. The van der Waals surface area contributed by atoms with Crippen molar-refractivity contribution in [1.82, 2.24) is 9.62 Å². The average molecular weight is 554 g/mol. The lowest BCUT2D eigenvalue weighted by Gasteiger charge is -2.52. The highest BCUT2D eigenvalue weighted by Gasteiger charge is 2.54. The number of halogens is 2. The van der Waals surface area contributed by atoms with Crippen molar-refractivity contribution < 1.29 is 23.1 Å². The maximum atomic E-state index is 14.2. The van der Waals surface area contributed by atoms with Gasteiger partial charge in [-0.2, -0.15) is 0 Å². The van der Waals surface area contributed by atoms with Crippen molar-refractivity contribution in [3.63, 3.8) is 0 Å². The lowest BCUT2D eigenvalue weighted by atomic mass is 9.67. The molecule has 2 N–H and O–H groups in total. The van der Waals surface area contributed by atoms with Gasteiger partial charge in [0.1, 0.15) is 0 Å². The molecular weight excluding hydrogens is 523 g/mol. The molecule has 2 aromatic rings. The highest BCUT2D eigenvalue weighted by atomic mass is 35.5. The van der Waals surface area contributed by atoms with Gasteiger partial charge in [-0.25, -0.2) is 13.1 Å². The van der Waals surface area contributed by atoms with E-state index in [4.69, 9.17) is 23.2 Å². The summed E-state index contributed by atoms with van der Waals surface area (Å²) in [6.07, 6.45) is 2.80. The number of aliphatic carboxylic acids is 1. The highest BCUT2D eigenvalue weighted by molar-refractivity contribution is 7.88. The molecular formula is C26H30Cl2N2O5S. The van der Waals surface area contributed by atoms with Gasteiger partial charge < -0.3 is 10.0 Å². The number of carbonyl (C=O) groups excluding carboxylic acids is 1. The molecule has 36 heavy (non-hydrogen) atoms. The van der Waals surface area contributed by atoms with Crippen molar-refractivity contribution >= 4 is 45.1 Å². The van der Waals surface area contributed by atoms with Crippen LogP contribution in [0.3, 0.4) is 0 Å². The third-order valence-electron chi connectivity index (χ3n) is 7.21. The van der Waals surface area contributed by atoms with Gasteiger partial charge in [-0.05, 0) is 60.6 Å². The van der Waals surface area contributed by atoms with Crippen molar-refractivity contribution in [2.75, 3.05) is 12.8 Å². The number of benzene rings is 2. The number of nitrogens with zero attached hydrogens (tertiary/aromatic N) is 1. The summed E-state index contributed by atoms with van der Waals surface area (Å²) in [6.45, 7) is 1.75. The SMILES string of the molecule is C[C@]1(CC(=O)O)CC(c2cccc(Cl)c2)[C@@H](c2ccc(Cl)cc2)N(C(CNS(C)(=O)=O)C2CC2)C1=O. The Morgan fingerprint density at radius 1 is 1.14 bits per heavy atom. The fourth-order valence-corrected chi connectivity index (χ4v) is 6.25. The molecule has 4 atom stereocenters. The van der Waals surface area contributed by atoms with E-state index in [0.717, 1.165) is 30.2 Å². The number of carbonyl (C=O) groups is 2. The van der Waals surface area contributed by atoms with E-state index in [1.54, 1.807) is 30.0 Å². The number of piperidine rings is 1. The van der Waals surface area contributed by atoms with Crippen LogP contribution in [0.2, 0.25) is 10.0 Å². The Labute approximate surface area is 221 Å². The maximum absolute atomic E-state index is 14.2. The van der Waals surface area contributed by atoms with E-state index < -0.39 is 33.5 Å². The van der Waals surface area contributed by atoms with Gasteiger partial charge in [0.25, 0.3) is 0 Å². The van der Waals surface area contributed by atoms with E-state index in [1.165, 1.54) is 0 Å². The van der Waals surface area contributed by atoms with Crippen LogP contribution in [-0.2, 0) is 19.6 Å². The largest absolute Gasteiger partial charge is 0.481 e. The lowest BCUT2D eigenvalue weighted by molar-refractivity contribution is -0.161. The first-order valence-corrected chi connectivity index (χ1v) is 14.5. The number of sulfonamides is 1. The van der Waals surface area contributed by atoms with Crippen molar-refractivity contribution in [3.8, 4) is 0 Å². The van der Waals surface area contributed by atoms with Gasteiger partial charge in [-0.1, -0.05) is 54.4 Å². The van der Waals surface area contributed by atoms with E-state index in [0.29, 0.717) is 16.5 Å². The predicted octanol–water partition coefficient (Wildman–Crippen LogP) is 4.86. The molecule has 0 spiro atoms. The monoisotopic (exact) mass is 552 g/mol. The molecule has 1 aliphatic carbocycles. The molecule has 4 rings (SSSR count). The number of nitrogens with one attached hydrogen (secondary N) is 1. The second-order valence-electron chi connectivity index (χ2n) is 10.2. The Hall–Kier alpha value is -2.13. The first-order valence-electron chi connectivity index (χ1n) is 11.9. The zero-order valence-corrected chi connectivity index (χ0v) is 22.5. The predicted molar refractivity (Wildman–Crippen MR) is 140 cm³/mol. The highest BCUT2D eigenvalue weighted by Crippen LogP contribution is 2.53. The summed E-state index contributed by atoms with van der Waals surface area (Å²) in [5, 5.41) is 10.8. The molecule has 194 valence electrons. The zero-order valence-electron chi connectivity index (χ0n) is 20.2. The summed E-state index contributed by atoms with van der Waals surface area (Å²) in [6, 6.07) is 13.8. The molecule has 1 aliphatic heterocycles. The molecule has 1 heterocycles. The fraction of sp³-hybridized carbons (Fsp3) is 0.462. The molecule has 0 aromatic heterocycles. The molecule has 0 bridgehead atoms. The molecule has 2 aromatic carbocycles. The summed E-state index contributed by atoms with van der Waals surface area (Å²) in [7, 11) is -3.50. The van der Waals surface area contributed by atoms with E-state index in [1.807, 2.05) is 30.3 Å². The second-order valence-corrected chi connectivity index (χ2v) is 12.9. The van der Waals surface area contributed by atoms with Gasteiger partial charge in [0.05, 0.1) is 24.1 Å². The lowest BCUT2D eigenvalue weighted by Crippen LogP contribution is -2.59. The van der Waals surface area contributed by atoms with Gasteiger partial charge in [0.15, 0.2) is 0 Å². The summed E-state index contributed by atoms with van der Waals surface area (Å²) < 4.78 is 26.6. The Balaban J connectivity index is 1.89. The summed E-state index contributed by atoms with van der Waals surface area (Å²) in [4.78, 5) is 27.9. The van der Waals surface area contributed by atoms with E-state index >= 15 is 0 Å². The van der Waals surface area contributed by atoms with Crippen molar-refractivity contribution in [2.45, 2.75) is 50.6 Å². The van der Waals surface area contributed by atoms with Crippen LogP contribution in [0.1, 0.15) is 55.7 Å². The molecule has 2 unspecified atom stereocenters. The van der Waals surface area contributed by atoms with Crippen molar-refractivity contribution in [2.24, 2.45) is 11.3 Å². The minimum absolute atomic E-state index is 0.0603. The van der Waals surface area contributed by atoms with Crippen LogP contribution in [-0.4, -0.2) is 49.1 Å². The summed E-state index contributed by atoms with van der Waals surface area (Å²) in [5.41, 5.74) is 0.558. The molecule has 10 heteroatoms. The second kappa shape index (κ2) is 10.3. The van der Waals surface area contributed by atoms with Gasteiger partial charge in [0.2, 0.25) is 15.9 Å². The molecule has 1 amide bonds. The van der Waals surface area contributed by atoms with E-state index in [9.17, 15) is 23.1 Å². The quantitative estimate of drug-likeness (QED) is 0.462. The summed E-state index contributed by atoms with van der Waals surface area (Å²) in [5.74, 6) is -1.50. The van der Waals surface area contributed by atoms with Crippen molar-refractivity contribution in [1.29, 1.82) is 0 Å². The molecule has 1 saturated carbocycles. The third-order valence-corrected chi connectivity index (χ3v) is 8.39. The van der Waals surface area contributed by atoms with Gasteiger partial charge >= 0.3 is 5.97 Å². The molecule has 0 radical (unpaired) electrons. The van der Waals surface area contributed by atoms with Crippen molar-refractivity contribution in [3.05, 3.63) is 69.7 Å². The first-order chi connectivity index (χ1) is 16.9. The number of likely N-dealkylation sites (tertiary alicyclic amines) is 1. The Kier molecular flexibility index (Phi) is 7.72. The van der Waals surface area contributed by atoms with Crippen LogP contribution >= 0.6 is 23.2 Å². The molecule has 2 fully saturated rings. The topological polar surface area (TPSA) is 104 Å². The molecule has 1 saturated heterocycles. The smallest absolute Gasteiger partial charge is 0.304 e. The third kappa shape index (κ3) is 6.05. The number of hydrogen-bond donors (Lipinski definition) is 2. The van der Waals surface area contributed by atoms with Crippen LogP contribution in [0, 0.1) is 11.3 Å². The van der Waals surface area contributed by atoms with Gasteiger partial charge in [-0.15, -0.1) is 0 Å². The molecule has 2 aliphatic rings. The first kappa shape index (κ1) is 26.9. The van der Waals surface area contributed by atoms with E-state index in [-0.39, 0.29) is 30.7 Å². The van der Waals surface area contributed by atoms with Crippen LogP contribution in [0.5, 0.6) is 0 Å². The van der Waals surface area contributed by atoms with Gasteiger partial charge in [0, 0.05) is 28.5 Å². The fourth-order valence-electron chi connectivity index (χ4n) is 5.45. The minimum Gasteiger partial charge on any atom is -0.481 e. The van der Waals surface area contributed by atoms with E-state index in [2.05, 4.69) is 4.72 Å². The average Bonchev–Trinajstić information content (AvgIpc) is 3.61. The van der Waals surface area contributed by atoms with Crippen LogP contribution in [0.4, 0.5) is 0 Å². The number of rotatable bonds is 9. The standard InChI is InChI=1S/C26H30Cl2N2O5S/c1-26(14-23(31)32)13-21(18-4-3-5-20(28)12-18)24(17-8-10-19(27)11-9-17)30(25(26)33)22(16-6-7-16)15-29-36(2,34)35/h3-5,8-12,16,21-22,24,29H,6-7,13-15H2,1-2H3,(H,31,32)/t21?,22?,24-,26-/m1/s1.